The van der Waals surface area contributed by atoms with Crippen LogP contribution in [0.4, 0.5) is 10.1 Å². The molecule has 130 valence electrons. The molecule has 0 spiro atoms. The molecule has 1 aliphatic heterocycles. The third kappa shape index (κ3) is 3.46. The average Bonchev–Trinajstić information content (AvgIpc) is 2.76. The Hall–Kier alpha value is -2.18. The molecule has 1 N–H and O–H groups in total. The summed E-state index contributed by atoms with van der Waals surface area (Å²) >= 11 is 0. The van der Waals surface area contributed by atoms with E-state index in [2.05, 4.69) is 5.32 Å². The van der Waals surface area contributed by atoms with Crippen molar-refractivity contribution < 1.29 is 18.5 Å². The van der Waals surface area contributed by atoms with Crippen LogP contribution in [-0.2, 0) is 9.31 Å². The van der Waals surface area contributed by atoms with Crippen molar-refractivity contribution in [2.24, 2.45) is 0 Å². The fourth-order valence-electron chi connectivity index (χ4n) is 2.55. The summed E-state index contributed by atoms with van der Waals surface area (Å²) in [6, 6.07) is 13.0. The van der Waals surface area contributed by atoms with Crippen molar-refractivity contribution in [3.63, 3.8) is 0 Å². The second-order valence-corrected chi connectivity index (χ2v) is 7.14. The van der Waals surface area contributed by atoms with Gasteiger partial charge in [0.1, 0.15) is 5.82 Å². The second-order valence-electron chi connectivity index (χ2n) is 7.14. The molecule has 4 nitrogen and oxygen atoms in total. The molecule has 0 saturated carbocycles. The summed E-state index contributed by atoms with van der Waals surface area (Å²) in [5.74, 6) is -1.03. The molecule has 0 aliphatic carbocycles. The number of carbonyl (C=O) groups excluding carboxylic acids is 1. The molecule has 1 saturated heterocycles. The minimum atomic E-state index is -0.547. The van der Waals surface area contributed by atoms with Crippen LogP contribution in [-0.4, -0.2) is 24.2 Å². The van der Waals surface area contributed by atoms with Crippen molar-refractivity contribution in [3.8, 4) is 0 Å². The third-order valence-corrected chi connectivity index (χ3v) is 4.81. The van der Waals surface area contributed by atoms with E-state index in [0.29, 0.717) is 5.69 Å². The molecule has 1 amide bonds. The van der Waals surface area contributed by atoms with Crippen molar-refractivity contribution >= 4 is 24.2 Å². The van der Waals surface area contributed by atoms with Crippen molar-refractivity contribution in [1.82, 2.24) is 0 Å². The maximum Gasteiger partial charge on any atom is 0.494 e. The number of hydrogen-bond donors (Lipinski definition) is 1. The number of nitrogens with one attached hydrogen (secondary N) is 1. The first kappa shape index (κ1) is 17.6. The number of benzene rings is 2. The first-order chi connectivity index (χ1) is 11.7. The molecule has 25 heavy (non-hydrogen) atoms. The molecule has 2 aromatic carbocycles. The minimum absolute atomic E-state index is 0.0116. The van der Waals surface area contributed by atoms with Crippen LogP contribution in [0.2, 0.25) is 0 Å². The Morgan fingerprint density at radius 1 is 0.960 bits per heavy atom. The molecule has 0 radical (unpaired) electrons. The summed E-state index contributed by atoms with van der Waals surface area (Å²) in [7, 11) is -0.457. The molecule has 1 fully saturated rings. The van der Waals surface area contributed by atoms with Gasteiger partial charge in [-0.25, -0.2) is 4.39 Å². The van der Waals surface area contributed by atoms with Gasteiger partial charge in [0.25, 0.3) is 5.91 Å². The first-order valence-corrected chi connectivity index (χ1v) is 8.21. The Balaban J connectivity index is 1.71. The maximum absolute atomic E-state index is 13.7. The molecule has 6 heteroatoms. The zero-order valence-electron chi connectivity index (χ0n) is 14.8. The van der Waals surface area contributed by atoms with Gasteiger partial charge in [-0.15, -0.1) is 0 Å². The second kappa shape index (κ2) is 6.28. The van der Waals surface area contributed by atoms with E-state index < -0.39 is 30.0 Å². The van der Waals surface area contributed by atoms with Gasteiger partial charge in [-0.05, 0) is 57.4 Å². The van der Waals surface area contributed by atoms with Gasteiger partial charge in [0.2, 0.25) is 0 Å². The molecular formula is C19H21BFNO3. The number of anilines is 1. The van der Waals surface area contributed by atoms with Gasteiger partial charge < -0.3 is 14.6 Å². The quantitative estimate of drug-likeness (QED) is 0.871. The van der Waals surface area contributed by atoms with Gasteiger partial charge in [0.15, 0.2) is 0 Å². The van der Waals surface area contributed by atoms with Gasteiger partial charge in [-0.1, -0.05) is 24.3 Å². The van der Waals surface area contributed by atoms with Crippen LogP contribution in [0.1, 0.15) is 38.1 Å². The van der Waals surface area contributed by atoms with E-state index in [9.17, 15) is 9.18 Å². The molecule has 0 atom stereocenters. The zero-order valence-corrected chi connectivity index (χ0v) is 14.8. The summed E-state index contributed by atoms with van der Waals surface area (Å²) in [6.45, 7) is 7.98. The third-order valence-electron chi connectivity index (χ3n) is 4.81. The fourth-order valence-corrected chi connectivity index (χ4v) is 2.55. The van der Waals surface area contributed by atoms with Crippen LogP contribution >= 0.6 is 0 Å². The Kier molecular flexibility index (Phi) is 4.43. The highest BCUT2D eigenvalue weighted by atomic mass is 19.1. The molecule has 1 aliphatic rings. The Bertz CT molecular complexity index is 774. The lowest BCUT2D eigenvalue weighted by Gasteiger charge is -2.32. The molecule has 3 rings (SSSR count). The van der Waals surface area contributed by atoms with E-state index in [0.717, 1.165) is 5.46 Å². The van der Waals surface area contributed by atoms with E-state index in [4.69, 9.17) is 9.31 Å². The Labute approximate surface area is 147 Å². The van der Waals surface area contributed by atoms with E-state index in [1.807, 2.05) is 39.8 Å². The van der Waals surface area contributed by atoms with Crippen molar-refractivity contribution in [3.05, 3.63) is 59.9 Å². The minimum Gasteiger partial charge on any atom is -0.399 e. The number of amides is 1. The summed E-state index contributed by atoms with van der Waals surface area (Å²) in [5, 5.41) is 2.69. The predicted molar refractivity (Wildman–Crippen MR) is 96.5 cm³/mol. The first-order valence-electron chi connectivity index (χ1n) is 8.21. The monoisotopic (exact) mass is 341 g/mol. The Morgan fingerprint density at radius 3 is 2.08 bits per heavy atom. The number of rotatable bonds is 3. The Morgan fingerprint density at radius 2 is 1.52 bits per heavy atom. The lowest BCUT2D eigenvalue weighted by Crippen LogP contribution is -2.41. The van der Waals surface area contributed by atoms with Gasteiger partial charge in [-0.2, -0.15) is 0 Å². The van der Waals surface area contributed by atoms with Crippen molar-refractivity contribution in [2.75, 3.05) is 5.32 Å². The summed E-state index contributed by atoms with van der Waals surface area (Å²) in [6.07, 6.45) is 0. The van der Waals surface area contributed by atoms with Crippen LogP contribution in [0.25, 0.3) is 0 Å². The zero-order chi connectivity index (χ0) is 18.2. The van der Waals surface area contributed by atoms with E-state index in [1.165, 1.54) is 12.1 Å². The number of halogens is 1. The molecular weight excluding hydrogens is 320 g/mol. The molecule has 1 heterocycles. The van der Waals surface area contributed by atoms with E-state index >= 15 is 0 Å². The summed E-state index contributed by atoms with van der Waals surface area (Å²) < 4.78 is 25.7. The average molecular weight is 341 g/mol. The fraction of sp³-hybridized carbons (Fsp3) is 0.316. The van der Waals surface area contributed by atoms with Gasteiger partial charge in [0.05, 0.1) is 16.8 Å². The standard InChI is InChI=1S/C19H21BFNO3/c1-18(2)19(3,4)25-20(24-18)13-9-11-14(12-10-13)22-17(23)15-7-5-6-8-16(15)21/h5-12H,1-4H3,(H,22,23). The number of carbonyl (C=O) groups is 1. The number of hydrogen-bond acceptors (Lipinski definition) is 3. The van der Waals surface area contributed by atoms with Crippen LogP contribution < -0.4 is 10.8 Å². The highest BCUT2D eigenvalue weighted by Crippen LogP contribution is 2.36. The van der Waals surface area contributed by atoms with Crippen LogP contribution in [0.5, 0.6) is 0 Å². The van der Waals surface area contributed by atoms with Gasteiger partial charge >= 0.3 is 7.12 Å². The van der Waals surface area contributed by atoms with Gasteiger partial charge in [0, 0.05) is 5.69 Å². The van der Waals surface area contributed by atoms with Crippen LogP contribution in [0.3, 0.4) is 0 Å². The molecule has 0 bridgehead atoms. The largest absolute Gasteiger partial charge is 0.494 e. The maximum atomic E-state index is 13.7. The van der Waals surface area contributed by atoms with Crippen LogP contribution in [0, 0.1) is 5.82 Å². The smallest absolute Gasteiger partial charge is 0.399 e. The SMILES string of the molecule is CC1(C)OB(c2ccc(NC(=O)c3ccccc3F)cc2)OC1(C)C. The lowest BCUT2D eigenvalue weighted by molar-refractivity contribution is 0.00578. The van der Waals surface area contributed by atoms with E-state index in [-0.39, 0.29) is 5.56 Å². The molecule has 0 aromatic heterocycles. The normalized spacial score (nSPS) is 18.2. The highest BCUT2D eigenvalue weighted by molar-refractivity contribution is 6.62. The topological polar surface area (TPSA) is 47.6 Å². The summed E-state index contributed by atoms with van der Waals surface area (Å²) in [5.41, 5.74) is 0.638. The predicted octanol–water partition coefficient (Wildman–Crippen LogP) is 3.38. The molecule has 2 aromatic rings. The highest BCUT2D eigenvalue weighted by Gasteiger charge is 2.51. The van der Waals surface area contributed by atoms with Crippen molar-refractivity contribution in [2.45, 2.75) is 38.9 Å². The van der Waals surface area contributed by atoms with Crippen molar-refractivity contribution in [1.29, 1.82) is 0 Å². The summed E-state index contributed by atoms with van der Waals surface area (Å²) in [4.78, 5) is 12.1. The molecule has 0 unspecified atom stereocenters. The van der Waals surface area contributed by atoms with E-state index in [1.54, 1.807) is 24.3 Å². The van der Waals surface area contributed by atoms with Gasteiger partial charge in [-0.3, -0.25) is 4.79 Å². The van der Waals surface area contributed by atoms with Crippen LogP contribution in [0.15, 0.2) is 48.5 Å². The lowest BCUT2D eigenvalue weighted by atomic mass is 9.79.